The van der Waals surface area contributed by atoms with E-state index in [4.69, 9.17) is 17.0 Å². The number of halogens is 4. The molecular formula is C18H22F4N2O2S. The monoisotopic (exact) mass is 406 g/mol. The first kappa shape index (κ1) is 21.4. The molecule has 4 nitrogen and oxygen atoms in total. The number of carbonyl (C=O) groups is 1. The van der Waals surface area contributed by atoms with Crippen molar-refractivity contribution in [1.29, 1.82) is 0 Å². The van der Waals surface area contributed by atoms with Crippen molar-refractivity contribution < 1.29 is 27.1 Å². The van der Waals surface area contributed by atoms with Gasteiger partial charge in [0.05, 0.1) is 6.42 Å². The smallest absolute Gasteiger partial charge is 0.412 e. The molecule has 27 heavy (non-hydrogen) atoms. The van der Waals surface area contributed by atoms with Crippen molar-refractivity contribution in [3.05, 3.63) is 29.6 Å². The molecule has 1 aromatic rings. The average molecular weight is 406 g/mol. The Labute approximate surface area is 160 Å². The molecule has 2 rings (SSSR count). The molecule has 0 spiro atoms. The van der Waals surface area contributed by atoms with Gasteiger partial charge in [-0.1, -0.05) is 12.2 Å². The maximum Gasteiger partial charge on any atom is 0.412 e. The highest BCUT2D eigenvalue weighted by Gasteiger charge is 2.61. The predicted molar refractivity (Wildman–Crippen MR) is 98.4 cm³/mol. The number of hydrogen-bond donors (Lipinski definition) is 2. The van der Waals surface area contributed by atoms with Gasteiger partial charge in [0, 0.05) is 11.3 Å². The fourth-order valence-corrected chi connectivity index (χ4v) is 3.07. The summed E-state index contributed by atoms with van der Waals surface area (Å²) in [5, 5.41) is 4.64. The molecule has 0 saturated carbocycles. The Balaban J connectivity index is 2.40. The molecule has 0 aliphatic carbocycles. The molecule has 0 aromatic heterocycles. The van der Waals surface area contributed by atoms with E-state index in [1.165, 1.54) is 6.07 Å². The summed E-state index contributed by atoms with van der Waals surface area (Å²) in [6, 6.07) is 3.21. The molecule has 1 aliphatic heterocycles. The van der Waals surface area contributed by atoms with Crippen LogP contribution < -0.4 is 10.6 Å². The van der Waals surface area contributed by atoms with Crippen molar-refractivity contribution in [3.8, 4) is 0 Å². The third kappa shape index (κ3) is 4.34. The summed E-state index contributed by atoms with van der Waals surface area (Å²) in [4.78, 5) is 11.5. The third-order valence-corrected chi connectivity index (χ3v) is 4.80. The van der Waals surface area contributed by atoms with E-state index in [2.05, 4.69) is 10.6 Å². The summed E-state index contributed by atoms with van der Waals surface area (Å²) in [6.45, 7) is 6.97. The van der Waals surface area contributed by atoms with Crippen molar-refractivity contribution >= 4 is 29.0 Å². The lowest BCUT2D eigenvalue weighted by Crippen LogP contribution is -2.66. The Morgan fingerprint density at radius 1 is 1.26 bits per heavy atom. The summed E-state index contributed by atoms with van der Waals surface area (Å²) < 4.78 is 63.3. The van der Waals surface area contributed by atoms with Gasteiger partial charge in [0.1, 0.15) is 21.9 Å². The molecule has 0 unspecified atom stereocenters. The Kier molecular flexibility index (Phi) is 5.24. The highest BCUT2D eigenvalue weighted by atomic mass is 32.1. The van der Waals surface area contributed by atoms with E-state index in [1.807, 2.05) is 0 Å². The minimum atomic E-state index is -3.65. The van der Waals surface area contributed by atoms with Crippen LogP contribution in [-0.4, -0.2) is 28.3 Å². The molecule has 1 saturated heterocycles. The number of piperidine rings is 1. The minimum Gasteiger partial charge on any atom is -0.444 e. The van der Waals surface area contributed by atoms with Gasteiger partial charge < -0.3 is 10.1 Å². The normalized spacial score (nSPS) is 27.7. The van der Waals surface area contributed by atoms with E-state index in [0.29, 0.717) is 0 Å². The Bertz CT molecular complexity index is 777. The SMILES string of the molecule is CC(C)(C)OC(=O)Nc1ccc(F)c([C@@]2(C)NC(=S)[C@](C)(F)CC2(F)F)c1. The molecule has 1 heterocycles. The maximum absolute atomic E-state index is 14.8. The third-order valence-electron chi connectivity index (χ3n) is 4.27. The fraction of sp³-hybridized carbons (Fsp3) is 0.556. The highest BCUT2D eigenvalue weighted by molar-refractivity contribution is 7.80. The van der Waals surface area contributed by atoms with Crippen molar-refractivity contribution in [2.75, 3.05) is 5.32 Å². The average Bonchev–Trinajstić information content (AvgIpc) is 2.44. The second kappa shape index (κ2) is 6.61. The number of rotatable bonds is 2. The molecule has 2 atom stereocenters. The van der Waals surface area contributed by atoms with Gasteiger partial charge in [-0.25, -0.2) is 22.4 Å². The van der Waals surface area contributed by atoms with Crippen molar-refractivity contribution in [2.45, 2.75) is 63.8 Å². The van der Waals surface area contributed by atoms with Gasteiger partial charge in [0.25, 0.3) is 5.92 Å². The first-order chi connectivity index (χ1) is 12.1. The number of alkyl halides is 3. The molecule has 1 aliphatic rings. The molecular weight excluding hydrogens is 384 g/mol. The van der Waals surface area contributed by atoms with E-state index < -0.39 is 51.6 Å². The summed E-state index contributed by atoms with van der Waals surface area (Å²) in [7, 11) is 0. The number of benzene rings is 1. The number of amides is 1. The van der Waals surface area contributed by atoms with Crippen molar-refractivity contribution in [1.82, 2.24) is 5.32 Å². The van der Waals surface area contributed by atoms with E-state index in [9.17, 15) is 22.4 Å². The van der Waals surface area contributed by atoms with Crippen molar-refractivity contribution in [2.24, 2.45) is 0 Å². The largest absolute Gasteiger partial charge is 0.444 e. The molecule has 1 aromatic carbocycles. The van der Waals surface area contributed by atoms with Crippen LogP contribution in [0.2, 0.25) is 0 Å². The van der Waals surface area contributed by atoms with E-state index >= 15 is 0 Å². The predicted octanol–water partition coefficient (Wildman–Crippen LogP) is 5.07. The second-order valence-electron chi connectivity index (χ2n) is 7.98. The van der Waals surface area contributed by atoms with Crippen LogP contribution in [0.15, 0.2) is 18.2 Å². The second-order valence-corrected chi connectivity index (χ2v) is 8.39. The number of ether oxygens (including phenoxy) is 1. The van der Waals surface area contributed by atoms with Crippen LogP contribution in [0.25, 0.3) is 0 Å². The molecule has 0 radical (unpaired) electrons. The van der Waals surface area contributed by atoms with Gasteiger partial charge in [0.15, 0.2) is 5.67 Å². The van der Waals surface area contributed by atoms with E-state index in [0.717, 1.165) is 26.0 Å². The summed E-state index contributed by atoms with van der Waals surface area (Å²) in [6.07, 6.45) is -2.01. The van der Waals surface area contributed by atoms with Gasteiger partial charge in [-0.05, 0) is 52.8 Å². The van der Waals surface area contributed by atoms with E-state index in [-0.39, 0.29) is 5.69 Å². The summed E-state index contributed by atoms with van der Waals surface area (Å²) in [5.74, 6) is -4.59. The quantitative estimate of drug-likeness (QED) is 0.532. The Morgan fingerprint density at radius 3 is 2.41 bits per heavy atom. The molecule has 0 bridgehead atoms. The molecule has 1 fully saturated rings. The van der Waals surface area contributed by atoms with Crippen LogP contribution in [0.3, 0.4) is 0 Å². The zero-order valence-electron chi connectivity index (χ0n) is 15.7. The summed E-state index contributed by atoms with van der Waals surface area (Å²) in [5.41, 5.74) is -5.86. The van der Waals surface area contributed by atoms with Crippen LogP contribution in [0.5, 0.6) is 0 Å². The molecule has 150 valence electrons. The van der Waals surface area contributed by atoms with Gasteiger partial charge in [-0.15, -0.1) is 0 Å². The van der Waals surface area contributed by atoms with Gasteiger partial charge in [0.2, 0.25) is 0 Å². The van der Waals surface area contributed by atoms with Crippen LogP contribution in [-0.2, 0) is 10.3 Å². The van der Waals surface area contributed by atoms with Crippen molar-refractivity contribution in [3.63, 3.8) is 0 Å². The molecule has 2 N–H and O–H groups in total. The zero-order chi connectivity index (χ0) is 20.8. The zero-order valence-corrected chi connectivity index (χ0v) is 16.5. The number of nitrogens with one attached hydrogen (secondary N) is 2. The lowest BCUT2D eigenvalue weighted by molar-refractivity contribution is -0.119. The number of anilines is 1. The van der Waals surface area contributed by atoms with Crippen LogP contribution >= 0.6 is 12.2 Å². The van der Waals surface area contributed by atoms with Crippen LogP contribution in [0.1, 0.15) is 46.6 Å². The number of carbonyl (C=O) groups excluding carboxylic acids is 1. The van der Waals surface area contributed by atoms with Gasteiger partial charge in [-0.3, -0.25) is 5.32 Å². The van der Waals surface area contributed by atoms with Gasteiger partial charge in [-0.2, -0.15) is 0 Å². The molecule has 9 heteroatoms. The lowest BCUT2D eigenvalue weighted by Gasteiger charge is -2.47. The summed E-state index contributed by atoms with van der Waals surface area (Å²) >= 11 is 4.87. The maximum atomic E-state index is 14.8. The topological polar surface area (TPSA) is 50.4 Å². The van der Waals surface area contributed by atoms with Crippen LogP contribution in [0.4, 0.5) is 28.0 Å². The highest BCUT2D eigenvalue weighted by Crippen LogP contribution is 2.48. The van der Waals surface area contributed by atoms with Gasteiger partial charge >= 0.3 is 6.09 Å². The number of hydrogen-bond acceptors (Lipinski definition) is 3. The minimum absolute atomic E-state index is 0.0546. The van der Waals surface area contributed by atoms with Crippen LogP contribution in [0, 0.1) is 5.82 Å². The fourth-order valence-electron chi connectivity index (χ4n) is 2.79. The Morgan fingerprint density at radius 2 is 1.85 bits per heavy atom. The first-order valence-electron chi connectivity index (χ1n) is 8.27. The van der Waals surface area contributed by atoms with E-state index in [1.54, 1.807) is 20.8 Å². The number of thiocarbonyl (C=S) groups is 1. The lowest BCUT2D eigenvalue weighted by atomic mass is 9.76. The Hall–Kier alpha value is -1.90. The molecule has 1 amide bonds. The first-order valence-corrected chi connectivity index (χ1v) is 8.68. The standard InChI is InChI=1S/C18H22F4N2O2S/c1-15(2,3)26-14(25)23-10-6-7-12(19)11(8-10)17(5)18(21,22)9-16(4,20)13(27)24-17/h6-8H,9H2,1-5H3,(H,23,25)(H,24,27)/t16-,17-/m1/s1.